The lowest BCUT2D eigenvalue weighted by molar-refractivity contribution is -0.125. The normalized spacial score (nSPS) is 15.9. The molecule has 6 heteroatoms. The molecule has 0 radical (unpaired) electrons. The minimum absolute atomic E-state index is 0. The van der Waals surface area contributed by atoms with Crippen LogP contribution in [0.5, 0.6) is 0 Å². The van der Waals surface area contributed by atoms with Crippen molar-refractivity contribution in [2.24, 2.45) is 17.6 Å². The van der Waals surface area contributed by atoms with Gasteiger partial charge in [0, 0.05) is 31.5 Å². The molecule has 1 fully saturated rings. The molecule has 0 aromatic heterocycles. The number of carbonyl (C=O) groups excluding carboxylic acids is 2. The molecule has 0 saturated heterocycles. The van der Waals surface area contributed by atoms with Crippen molar-refractivity contribution in [1.29, 1.82) is 0 Å². The van der Waals surface area contributed by atoms with Crippen LogP contribution in [0.3, 0.4) is 0 Å². The van der Waals surface area contributed by atoms with E-state index < -0.39 is 0 Å². The van der Waals surface area contributed by atoms with Crippen LogP contribution in [0.25, 0.3) is 0 Å². The van der Waals surface area contributed by atoms with Crippen LogP contribution in [-0.2, 0) is 9.59 Å². The van der Waals surface area contributed by atoms with Gasteiger partial charge in [0.05, 0.1) is 0 Å². The Balaban J connectivity index is 0.00000225. The molecule has 1 aliphatic carbocycles. The predicted molar refractivity (Wildman–Crippen MR) is 64.2 cm³/mol. The first-order valence-electron chi connectivity index (χ1n) is 5.40. The van der Waals surface area contributed by atoms with Gasteiger partial charge in [-0.25, -0.2) is 0 Å². The summed E-state index contributed by atoms with van der Waals surface area (Å²) in [5, 5.41) is 5.49. The maximum Gasteiger partial charge on any atom is 0.224 e. The second-order valence-electron chi connectivity index (χ2n) is 3.99. The van der Waals surface area contributed by atoms with Crippen LogP contribution in [0.4, 0.5) is 0 Å². The molecule has 0 heterocycles. The van der Waals surface area contributed by atoms with E-state index in [1.807, 2.05) is 0 Å². The Hall–Kier alpha value is -0.810. The molecule has 4 N–H and O–H groups in total. The summed E-state index contributed by atoms with van der Waals surface area (Å²) in [6.45, 7) is 3.10. The summed E-state index contributed by atoms with van der Waals surface area (Å²) in [7, 11) is 0. The Morgan fingerprint density at radius 1 is 1.31 bits per heavy atom. The third-order valence-electron chi connectivity index (χ3n) is 2.47. The zero-order valence-electron chi connectivity index (χ0n) is 9.49. The molecule has 1 unspecified atom stereocenters. The van der Waals surface area contributed by atoms with Gasteiger partial charge in [-0.15, -0.1) is 12.4 Å². The van der Waals surface area contributed by atoms with Gasteiger partial charge in [0.15, 0.2) is 0 Å². The van der Waals surface area contributed by atoms with Gasteiger partial charge in [-0.1, -0.05) is 6.92 Å². The van der Waals surface area contributed by atoms with E-state index in [0.29, 0.717) is 19.6 Å². The van der Waals surface area contributed by atoms with Crippen molar-refractivity contribution in [2.75, 3.05) is 19.6 Å². The van der Waals surface area contributed by atoms with Gasteiger partial charge in [0.2, 0.25) is 11.8 Å². The Morgan fingerprint density at radius 2 is 1.88 bits per heavy atom. The molecule has 0 aromatic rings. The molecular formula is C10H20ClN3O2. The maximum absolute atomic E-state index is 11.3. The van der Waals surface area contributed by atoms with Crippen LogP contribution in [0, 0.1) is 11.8 Å². The average Bonchev–Trinajstić information content (AvgIpc) is 3.06. The summed E-state index contributed by atoms with van der Waals surface area (Å²) in [4.78, 5) is 22.5. The van der Waals surface area contributed by atoms with Crippen molar-refractivity contribution >= 4 is 24.2 Å². The Kier molecular flexibility index (Phi) is 7.08. The van der Waals surface area contributed by atoms with Gasteiger partial charge in [0.1, 0.15) is 0 Å². The second kappa shape index (κ2) is 7.46. The van der Waals surface area contributed by atoms with E-state index in [4.69, 9.17) is 5.73 Å². The number of nitrogens with one attached hydrogen (secondary N) is 2. The molecule has 2 amide bonds. The topological polar surface area (TPSA) is 84.2 Å². The number of halogens is 1. The van der Waals surface area contributed by atoms with Crippen LogP contribution < -0.4 is 16.4 Å². The van der Waals surface area contributed by atoms with Gasteiger partial charge in [-0.2, -0.15) is 0 Å². The van der Waals surface area contributed by atoms with Gasteiger partial charge in [-0.05, 0) is 12.8 Å². The molecule has 0 bridgehead atoms. The summed E-state index contributed by atoms with van der Waals surface area (Å²) >= 11 is 0. The summed E-state index contributed by atoms with van der Waals surface area (Å²) in [5.41, 5.74) is 5.34. The highest BCUT2D eigenvalue weighted by atomic mass is 35.5. The predicted octanol–water partition coefficient (Wildman–Crippen LogP) is -0.355. The lowest BCUT2D eigenvalue weighted by Crippen LogP contribution is -2.39. The molecule has 1 atom stereocenters. The quantitative estimate of drug-likeness (QED) is 0.563. The number of carbonyl (C=O) groups is 2. The first kappa shape index (κ1) is 15.2. The van der Waals surface area contributed by atoms with Crippen LogP contribution in [0.15, 0.2) is 0 Å². The number of nitrogens with two attached hydrogens (primary N) is 1. The van der Waals surface area contributed by atoms with Crippen molar-refractivity contribution in [2.45, 2.75) is 19.8 Å². The van der Waals surface area contributed by atoms with Crippen molar-refractivity contribution < 1.29 is 9.59 Å². The number of rotatable bonds is 6. The number of hydrogen-bond acceptors (Lipinski definition) is 3. The largest absolute Gasteiger partial charge is 0.354 e. The molecule has 0 aliphatic heterocycles. The first-order chi connectivity index (χ1) is 7.15. The molecule has 1 saturated carbocycles. The van der Waals surface area contributed by atoms with Gasteiger partial charge < -0.3 is 16.4 Å². The molecule has 5 nitrogen and oxygen atoms in total. The highest BCUT2D eigenvalue weighted by molar-refractivity contribution is 5.85. The Morgan fingerprint density at radius 3 is 2.38 bits per heavy atom. The summed E-state index contributed by atoms with van der Waals surface area (Å²) in [6, 6.07) is 0. The molecule has 1 rings (SSSR count). The zero-order valence-corrected chi connectivity index (χ0v) is 10.3. The standard InChI is InChI=1S/C10H19N3O2.ClH/c1-7(6-11)9(14)12-4-5-13-10(15)8-2-3-8;/h7-8H,2-6,11H2,1H3,(H,12,14)(H,13,15);1H. The fourth-order valence-corrected chi connectivity index (χ4v) is 1.14. The molecule has 0 aromatic carbocycles. The van der Waals surface area contributed by atoms with Gasteiger partial charge in [-0.3, -0.25) is 9.59 Å². The van der Waals surface area contributed by atoms with Crippen LogP contribution in [0.2, 0.25) is 0 Å². The van der Waals surface area contributed by atoms with E-state index >= 15 is 0 Å². The molecule has 0 spiro atoms. The first-order valence-corrected chi connectivity index (χ1v) is 5.40. The van der Waals surface area contributed by atoms with Crippen molar-refractivity contribution in [3.63, 3.8) is 0 Å². The zero-order chi connectivity index (χ0) is 11.3. The summed E-state index contributed by atoms with van der Waals surface area (Å²) in [6.07, 6.45) is 2.00. The van der Waals surface area contributed by atoms with Crippen LogP contribution >= 0.6 is 12.4 Å². The summed E-state index contributed by atoms with van der Waals surface area (Å²) in [5.74, 6) is 0.113. The number of amides is 2. The van der Waals surface area contributed by atoms with E-state index in [9.17, 15) is 9.59 Å². The monoisotopic (exact) mass is 249 g/mol. The minimum Gasteiger partial charge on any atom is -0.354 e. The molecule has 94 valence electrons. The third kappa shape index (κ3) is 5.32. The lowest BCUT2D eigenvalue weighted by atomic mass is 10.2. The van der Waals surface area contributed by atoms with Crippen LogP contribution in [0.1, 0.15) is 19.8 Å². The number of hydrogen-bond donors (Lipinski definition) is 3. The van der Waals surface area contributed by atoms with E-state index in [0.717, 1.165) is 12.8 Å². The fourth-order valence-electron chi connectivity index (χ4n) is 1.14. The van der Waals surface area contributed by atoms with Crippen LogP contribution in [-0.4, -0.2) is 31.4 Å². The van der Waals surface area contributed by atoms with E-state index in [-0.39, 0.29) is 36.1 Å². The highest BCUT2D eigenvalue weighted by Gasteiger charge is 2.28. The van der Waals surface area contributed by atoms with Crippen molar-refractivity contribution in [3.8, 4) is 0 Å². The lowest BCUT2D eigenvalue weighted by Gasteiger charge is -2.10. The van der Waals surface area contributed by atoms with E-state index in [1.165, 1.54) is 0 Å². The van der Waals surface area contributed by atoms with E-state index in [1.54, 1.807) is 6.92 Å². The third-order valence-corrected chi connectivity index (χ3v) is 2.47. The Bertz CT molecular complexity index is 244. The minimum atomic E-state index is -0.163. The van der Waals surface area contributed by atoms with Gasteiger partial charge >= 0.3 is 0 Å². The van der Waals surface area contributed by atoms with Gasteiger partial charge in [0.25, 0.3) is 0 Å². The Labute approximate surface area is 102 Å². The molecule has 1 aliphatic rings. The SMILES string of the molecule is CC(CN)C(=O)NCCNC(=O)C1CC1.Cl. The van der Waals surface area contributed by atoms with Crippen molar-refractivity contribution in [1.82, 2.24) is 10.6 Å². The smallest absolute Gasteiger partial charge is 0.224 e. The van der Waals surface area contributed by atoms with E-state index in [2.05, 4.69) is 10.6 Å². The highest BCUT2D eigenvalue weighted by Crippen LogP contribution is 2.28. The van der Waals surface area contributed by atoms with Crippen molar-refractivity contribution in [3.05, 3.63) is 0 Å². The fraction of sp³-hybridized carbons (Fsp3) is 0.800. The summed E-state index contributed by atoms with van der Waals surface area (Å²) < 4.78 is 0. The second-order valence-corrected chi connectivity index (χ2v) is 3.99. The average molecular weight is 250 g/mol. The molecular weight excluding hydrogens is 230 g/mol. The maximum atomic E-state index is 11.3. The molecule has 16 heavy (non-hydrogen) atoms.